The molecule has 1 fully saturated rings. The van der Waals surface area contributed by atoms with Gasteiger partial charge >= 0.3 is 0 Å². The number of aliphatic hydroxyl groups excluding tert-OH is 1. The number of hydrogen-bond donors (Lipinski definition) is 1. The Balaban J connectivity index is 1.88. The molecule has 4 nitrogen and oxygen atoms in total. The van der Waals surface area contributed by atoms with Gasteiger partial charge in [-0.25, -0.2) is 0 Å². The molecule has 2 atom stereocenters. The van der Waals surface area contributed by atoms with Crippen LogP contribution in [0.5, 0.6) is 0 Å². The van der Waals surface area contributed by atoms with E-state index in [9.17, 15) is 9.90 Å². The molecule has 2 unspecified atom stereocenters. The van der Waals surface area contributed by atoms with Gasteiger partial charge in [0.1, 0.15) is 0 Å². The first kappa shape index (κ1) is 16.2. The van der Waals surface area contributed by atoms with E-state index in [2.05, 4.69) is 11.5 Å². The molecule has 21 heavy (non-hydrogen) atoms. The Morgan fingerprint density at radius 3 is 3.10 bits per heavy atom. The molecule has 2 heterocycles. The average Bonchev–Trinajstić information content (AvgIpc) is 3.09. The maximum atomic E-state index is 12.5. The molecular weight excluding hydrogens is 284 g/mol. The zero-order chi connectivity index (χ0) is 15.2. The van der Waals surface area contributed by atoms with E-state index in [0.29, 0.717) is 25.6 Å². The van der Waals surface area contributed by atoms with Gasteiger partial charge in [-0.05, 0) is 37.3 Å². The summed E-state index contributed by atoms with van der Waals surface area (Å²) in [5.74, 6) is 0.428. The highest BCUT2D eigenvalue weighted by Crippen LogP contribution is 2.20. The van der Waals surface area contributed by atoms with Gasteiger partial charge < -0.3 is 10.0 Å². The Bertz CT molecular complexity index is 459. The molecule has 116 valence electrons. The van der Waals surface area contributed by atoms with E-state index >= 15 is 0 Å². The molecule has 0 radical (unpaired) electrons. The van der Waals surface area contributed by atoms with Crippen molar-refractivity contribution in [2.24, 2.45) is 5.92 Å². The Kier molecular flexibility index (Phi) is 5.96. The lowest BCUT2D eigenvalue weighted by Gasteiger charge is -2.24. The van der Waals surface area contributed by atoms with E-state index in [-0.39, 0.29) is 12.0 Å². The van der Waals surface area contributed by atoms with Crippen molar-refractivity contribution in [2.75, 3.05) is 26.2 Å². The third-order valence-electron chi connectivity index (χ3n) is 3.98. The van der Waals surface area contributed by atoms with E-state index < -0.39 is 0 Å². The lowest BCUT2D eigenvalue weighted by atomic mass is 10.0. The molecule has 0 aromatic carbocycles. The molecule has 5 heteroatoms. The standard InChI is InChI=1S/C16H24N2O2S/c1-3-7-18(11-15-5-4-9-21-15)16(20)12-17-8-6-14(10-17)13(2)19/h3-5,9,13-14,19H,1,6-8,10-12H2,2H3. The predicted octanol–water partition coefficient (Wildman–Crippen LogP) is 1.97. The minimum Gasteiger partial charge on any atom is -0.393 e. The Hall–Kier alpha value is -1.17. The minimum atomic E-state index is -0.291. The molecule has 1 aliphatic rings. The summed E-state index contributed by atoms with van der Waals surface area (Å²) in [6.45, 7) is 8.93. The van der Waals surface area contributed by atoms with Crippen molar-refractivity contribution < 1.29 is 9.90 Å². The zero-order valence-corrected chi connectivity index (χ0v) is 13.4. The molecule has 0 bridgehead atoms. The number of amides is 1. The monoisotopic (exact) mass is 308 g/mol. The molecular formula is C16H24N2O2S. The molecule has 2 rings (SSSR count). The fourth-order valence-electron chi connectivity index (χ4n) is 2.69. The maximum absolute atomic E-state index is 12.5. The third-order valence-corrected chi connectivity index (χ3v) is 4.84. The first-order chi connectivity index (χ1) is 10.1. The minimum absolute atomic E-state index is 0.134. The van der Waals surface area contributed by atoms with Gasteiger partial charge in [0.2, 0.25) is 5.91 Å². The van der Waals surface area contributed by atoms with Crippen LogP contribution >= 0.6 is 11.3 Å². The summed E-state index contributed by atoms with van der Waals surface area (Å²) >= 11 is 1.67. The van der Waals surface area contributed by atoms with E-state index in [1.54, 1.807) is 17.4 Å². The lowest BCUT2D eigenvalue weighted by Crippen LogP contribution is -2.39. The highest BCUT2D eigenvalue weighted by atomic mass is 32.1. The summed E-state index contributed by atoms with van der Waals surface area (Å²) in [7, 11) is 0. The smallest absolute Gasteiger partial charge is 0.237 e. The van der Waals surface area contributed by atoms with Crippen molar-refractivity contribution in [1.29, 1.82) is 0 Å². The number of likely N-dealkylation sites (tertiary alicyclic amines) is 1. The average molecular weight is 308 g/mol. The van der Waals surface area contributed by atoms with Crippen LogP contribution in [0.25, 0.3) is 0 Å². The van der Waals surface area contributed by atoms with Gasteiger partial charge in [0.05, 0.1) is 19.2 Å². The second-order valence-electron chi connectivity index (χ2n) is 5.67. The van der Waals surface area contributed by atoms with Crippen molar-refractivity contribution in [3.8, 4) is 0 Å². The van der Waals surface area contributed by atoms with Crippen LogP contribution in [0.3, 0.4) is 0 Å². The molecule has 1 saturated heterocycles. The van der Waals surface area contributed by atoms with Crippen LogP contribution in [0.4, 0.5) is 0 Å². The molecule has 1 aromatic rings. The quantitative estimate of drug-likeness (QED) is 0.783. The highest BCUT2D eigenvalue weighted by Gasteiger charge is 2.28. The Morgan fingerprint density at radius 1 is 1.71 bits per heavy atom. The molecule has 1 N–H and O–H groups in total. The molecule has 1 aromatic heterocycles. The first-order valence-corrected chi connectivity index (χ1v) is 8.29. The van der Waals surface area contributed by atoms with Gasteiger partial charge in [0, 0.05) is 18.0 Å². The predicted molar refractivity (Wildman–Crippen MR) is 86.2 cm³/mol. The summed E-state index contributed by atoms with van der Waals surface area (Å²) in [6, 6.07) is 4.05. The molecule has 0 aliphatic carbocycles. The summed E-state index contributed by atoms with van der Waals surface area (Å²) in [6.07, 6.45) is 2.45. The van der Waals surface area contributed by atoms with Crippen LogP contribution in [0, 0.1) is 5.92 Å². The van der Waals surface area contributed by atoms with Crippen LogP contribution in [0.2, 0.25) is 0 Å². The number of thiophene rings is 1. The summed E-state index contributed by atoms with van der Waals surface area (Å²) in [5, 5.41) is 11.7. The van der Waals surface area contributed by atoms with Gasteiger partial charge in [0.15, 0.2) is 0 Å². The number of rotatable bonds is 7. The molecule has 0 spiro atoms. The molecule has 0 saturated carbocycles. The van der Waals surface area contributed by atoms with Gasteiger partial charge in [0.25, 0.3) is 0 Å². The summed E-state index contributed by atoms with van der Waals surface area (Å²) in [4.78, 5) is 17.6. The van der Waals surface area contributed by atoms with Crippen LogP contribution in [0.1, 0.15) is 18.2 Å². The van der Waals surface area contributed by atoms with E-state index in [1.807, 2.05) is 29.3 Å². The SMILES string of the molecule is C=CCN(Cc1cccs1)C(=O)CN1CCC(C(C)O)C1. The van der Waals surface area contributed by atoms with Crippen molar-refractivity contribution in [1.82, 2.24) is 9.80 Å². The van der Waals surface area contributed by atoms with Gasteiger partial charge in [-0.2, -0.15) is 0 Å². The number of aliphatic hydroxyl groups is 1. The summed E-state index contributed by atoms with van der Waals surface area (Å²) in [5.41, 5.74) is 0. The fourth-order valence-corrected chi connectivity index (χ4v) is 3.41. The number of carbonyl (C=O) groups is 1. The zero-order valence-electron chi connectivity index (χ0n) is 12.6. The normalized spacial score (nSPS) is 20.4. The Morgan fingerprint density at radius 2 is 2.52 bits per heavy atom. The van der Waals surface area contributed by atoms with E-state index in [4.69, 9.17) is 0 Å². The summed E-state index contributed by atoms with van der Waals surface area (Å²) < 4.78 is 0. The first-order valence-electron chi connectivity index (χ1n) is 7.41. The largest absolute Gasteiger partial charge is 0.393 e. The van der Waals surface area contributed by atoms with Gasteiger partial charge in [-0.3, -0.25) is 9.69 Å². The third kappa shape index (κ3) is 4.66. The van der Waals surface area contributed by atoms with Crippen molar-refractivity contribution in [3.63, 3.8) is 0 Å². The highest BCUT2D eigenvalue weighted by molar-refractivity contribution is 7.09. The topological polar surface area (TPSA) is 43.8 Å². The second-order valence-corrected chi connectivity index (χ2v) is 6.70. The van der Waals surface area contributed by atoms with Crippen molar-refractivity contribution >= 4 is 17.2 Å². The van der Waals surface area contributed by atoms with Crippen LogP contribution in [-0.2, 0) is 11.3 Å². The number of hydrogen-bond acceptors (Lipinski definition) is 4. The number of nitrogens with zero attached hydrogens (tertiary/aromatic N) is 2. The van der Waals surface area contributed by atoms with Crippen LogP contribution in [-0.4, -0.2) is 53.1 Å². The van der Waals surface area contributed by atoms with Crippen molar-refractivity contribution in [2.45, 2.75) is 26.0 Å². The van der Waals surface area contributed by atoms with E-state index in [0.717, 1.165) is 19.5 Å². The van der Waals surface area contributed by atoms with E-state index in [1.165, 1.54) is 4.88 Å². The van der Waals surface area contributed by atoms with Gasteiger partial charge in [-0.1, -0.05) is 12.1 Å². The maximum Gasteiger partial charge on any atom is 0.237 e. The molecule has 1 amide bonds. The molecule has 1 aliphatic heterocycles. The second kappa shape index (κ2) is 7.73. The van der Waals surface area contributed by atoms with Crippen molar-refractivity contribution in [3.05, 3.63) is 35.0 Å². The van der Waals surface area contributed by atoms with Crippen LogP contribution in [0.15, 0.2) is 30.2 Å². The number of carbonyl (C=O) groups excluding carboxylic acids is 1. The fraction of sp³-hybridized carbons (Fsp3) is 0.562. The van der Waals surface area contributed by atoms with Crippen LogP contribution < -0.4 is 0 Å². The lowest BCUT2D eigenvalue weighted by molar-refractivity contribution is -0.132. The van der Waals surface area contributed by atoms with Gasteiger partial charge in [-0.15, -0.1) is 17.9 Å². The Labute approximate surface area is 130 Å².